The molecule has 3 heterocycles. The first-order chi connectivity index (χ1) is 9.04. The summed E-state index contributed by atoms with van der Waals surface area (Å²) in [6.07, 6.45) is 3.03. The zero-order chi connectivity index (χ0) is 13.6. The van der Waals surface area contributed by atoms with Gasteiger partial charge in [-0.3, -0.25) is 4.98 Å². The van der Waals surface area contributed by atoms with Crippen LogP contribution in [0.4, 0.5) is 5.69 Å². The second-order valence-corrected chi connectivity index (χ2v) is 5.91. The van der Waals surface area contributed by atoms with Gasteiger partial charge in [0, 0.05) is 24.5 Å². The maximum Gasteiger partial charge on any atom is 0.107 e. The Morgan fingerprint density at radius 3 is 2.58 bits per heavy atom. The van der Waals surface area contributed by atoms with Crippen LogP contribution in [-0.2, 0) is 4.74 Å². The monoisotopic (exact) mass is 277 g/mol. The van der Waals surface area contributed by atoms with Crippen LogP contribution in [0.2, 0.25) is 0 Å². The number of morpholine rings is 1. The minimum absolute atomic E-state index is 0.353. The van der Waals surface area contributed by atoms with Gasteiger partial charge in [-0.15, -0.1) is 0 Å². The standard InChI is InChI=1S/C14H19N3OS/c1-8-5-12(13(14(15)19)9(2)16-8)17-6-10-3-4-11(7-17)18-10/h5,10-11H,3-4,6-7H2,1-2H3,(H2,15,19). The van der Waals surface area contributed by atoms with Gasteiger partial charge in [0.15, 0.2) is 0 Å². The Labute approximate surface area is 118 Å². The summed E-state index contributed by atoms with van der Waals surface area (Å²) in [5.74, 6) is 0. The molecule has 2 N–H and O–H groups in total. The lowest BCUT2D eigenvalue weighted by molar-refractivity contribution is 0.0305. The summed E-state index contributed by atoms with van der Waals surface area (Å²) >= 11 is 5.20. The van der Waals surface area contributed by atoms with Crippen LogP contribution < -0.4 is 10.6 Å². The van der Waals surface area contributed by atoms with E-state index in [0.29, 0.717) is 17.2 Å². The second kappa shape index (κ2) is 4.72. The third-order valence-electron chi connectivity index (χ3n) is 3.94. The predicted molar refractivity (Wildman–Crippen MR) is 79.7 cm³/mol. The number of rotatable bonds is 2. The highest BCUT2D eigenvalue weighted by molar-refractivity contribution is 7.80. The number of nitrogens with two attached hydrogens (primary N) is 1. The summed E-state index contributed by atoms with van der Waals surface area (Å²) in [6.45, 7) is 5.83. The zero-order valence-corrected chi connectivity index (χ0v) is 12.2. The van der Waals surface area contributed by atoms with E-state index in [-0.39, 0.29) is 0 Å². The van der Waals surface area contributed by atoms with E-state index in [1.807, 2.05) is 13.8 Å². The van der Waals surface area contributed by atoms with Crippen molar-refractivity contribution in [3.63, 3.8) is 0 Å². The highest BCUT2D eigenvalue weighted by atomic mass is 32.1. The van der Waals surface area contributed by atoms with Crippen LogP contribution in [0.3, 0.4) is 0 Å². The highest BCUT2D eigenvalue weighted by Gasteiger charge is 2.34. The van der Waals surface area contributed by atoms with Crippen LogP contribution in [0.5, 0.6) is 0 Å². The maximum absolute atomic E-state index is 5.89. The molecular weight excluding hydrogens is 258 g/mol. The predicted octanol–water partition coefficient (Wildman–Crippen LogP) is 1.70. The Morgan fingerprint density at radius 1 is 1.37 bits per heavy atom. The molecule has 0 spiro atoms. The Hall–Kier alpha value is -1.20. The highest BCUT2D eigenvalue weighted by Crippen LogP contribution is 2.32. The lowest BCUT2D eigenvalue weighted by atomic mass is 10.1. The molecule has 2 atom stereocenters. The number of fused-ring (bicyclic) bond motifs is 2. The van der Waals surface area contributed by atoms with Gasteiger partial charge in [-0.2, -0.15) is 0 Å². The molecule has 2 unspecified atom stereocenters. The van der Waals surface area contributed by atoms with E-state index in [0.717, 1.165) is 48.6 Å². The Balaban J connectivity index is 2.01. The van der Waals surface area contributed by atoms with Crippen molar-refractivity contribution in [3.05, 3.63) is 23.0 Å². The molecule has 2 fully saturated rings. The van der Waals surface area contributed by atoms with Gasteiger partial charge in [0.05, 0.1) is 23.5 Å². The summed E-state index contributed by atoms with van der Waals surface area (Å²) in [6, 6.07) is 2.09. The van der Waals surface area contributed by atoms with E-state index >= 15 is 0 Å². The van der Waals surface area contributed by atoms with Crippen molar-refractivity contribution in [1.29, 1.82) is 0 Å². The zero-order valence-electron chi connectivity index (χ0n) is 11.3. The van der Waals surface area contributed by atoms with E-state index in [2.05, 4.69) is 16.0 Å². The van der Waals surface area contributed by atoms with Gasteiger partial charge in [-0.25, -0.2) is 0 Å². The molecule has 2 aliphatic heterocycles. The fraction of sp³-hybridized carbons (Fsp3) is 0.571. The van der Waals surface area contributed by atoms with Crippen LogP contribution in [0.25, 0.3) is 0 Å². The Bertz CT molecular complexity index is 520. The number of pyridine rings is 1. The first-order valence-corrected chi connectivity index (χ1v) is 7.14. The van der Waals surface area contributed by atoms with Crippen molar-refractivity contribution in [2.24, 2.45) is 5.73 Å². The minimum atomic E-state index is 0.353. The first kappa shape index (κ1) is 12.8. The van der Waals surface area contributed by atoms with E-state index in [1.165, 1.54) is 0 Å². The molecule has 0 amide bonds. The van der Waals surface area contributed by atoms with E-state index in [4.69, 9.17) is 22.7 Å². The molecule has 102 valence electrons. The number of aryl methyl sites for hydroxylation is 2. The normalized spacial score (nSPS) is 25.7. The molecule has 2 saturated heterocycles. The summed E-state index contributed by atoms with van der Waals surface area (Å²) in [5.41, 5.74) is 9.86. The van der Waals surface area contributed by atoms with Gasteiger partial charge in [-0.1, -0.05) is 12.2 Å². The number of thiocarbonyl (C=S) groups is 1. The molecular formula is C14H19N3OS. The van der Waals surface area contributed by atoms with Gasteiger partial charge in [0.1, 0.15) is 4.99 Å². The molecule has 3 rings (SSSR count). The smallest absolute Gasteiger partial charge is 0.107 e. The van der Waals surface area contributed by atoms with Crippen LogP contribution >= 0.6 is 12.2 Å². The number of hydrogen-bond acceptors (Lipinski definition) is 4. The lowest BCUT2D eigenvalue weighted by Gasteiger charge is -2.35. The summed E-state index contributed by atoms with van der Waals surface area (Å²) in [4.78, 5) is 7.27. The topological polar surface area (TPSA) is 51.4 Å². The van der Waals surface area contributed by atoms with Gasteiger partial charge in [-0.05, 0) is 32.8 Å². The molecule has 5 heteroatoms. The van der Waals surface area contributed by atoms with Gasteiger partial charge in [0.2, 0.25) is 0 Å². The van der Waals surface area contributed by atoms with E-state index in [1.54, 1.807) is 0 Å². The van der Waals surface area contributed by atoms with Crippen LogP contribution in [0.15, 0.2) is 6.07 Å². The third-order valence-corrected chi connectivity index (χ3v) is 4.14. The van der Waals surface area contributed by atoms with Gasteiger partial charge >= 0.3 is 0 Å². The van der Waals surface area contributed by atoms with E-state index < -0.39 is 0 Å². The fourth-order valence-electron chi connectivity index (χ4n) is 3.17. The molecule has 4 nitrogen and oxygen atoms in total. The SMILES string of the molecule is Cc1cc(N2CC3CCC(C2)O3)c(C(N)=S)c(C)n1. The Kier molecular flexibility index (Phi) is 3.19. The lowest BCUT2D eigenvalue weighted by Crippen LogP contribution is -2.43. The molecule has 0 aromatic carbocycles. The molecule has 0 aliphatic carbocycles. The molecule has 0 radical (unpaired) electrons. The van der Waals surface area contributed by atoms with Crippen molar-refractivity contribution in [1.82, 2.24) is 4.98 Å². The quantitative estimate of drug-likeness (QED) is 0.834. The summed E-state index contributed by atoms with van der Waals surface area (Å²) in [5, 5.41) is 0. The number of anilines is 1. The number of hydrogen-bond donors (Lipinski definition) is 1. The van der Waals surface area contributed by atoms with Crippen LogP contribution in [0, 0.1) is 13.8 Å². The minimum Gasteiger partial charge on any atom is -0.389 e. The first-order valence-electron chi connectivity index (χ1n) is 6.73. The van der Waals surface area contributed by atoms with Crippen LogP contribution in [0.1, 0.15) is 29.8 Å². The second-order valence-electron chi connectivity index (χ2n) is 5.47. The average Bonchev–Trinajstić information content (AvgIpc) is 2.66. The third kappa shape index (κ3) is 2.32. The van der Waals surface area contributed by atoms with Crippen molar-refractivity contribution in [2.45, 2.75) is 38.9 Å². The maximum atomic E-state index is 5.89. The number of nitrogens with zero attached hydrogens (tertiary/aromatic N) is 2. The molecule has 1 aromatic heterocycles. The fourth-order valence-corrected chi connectivity index (χ4v) is 3.43. The van der Waals surface area contributed by atoms with Crippen molar-refractivity contribution >= 4 is 22.9 Å². The average molecular weight is 277 g/mol. The molecule has 1 aromatic rings. The summed E-state index contributed by atoms with van der Waals surface area (Å²) < 4.78 is 5.89. The molecule has 2 bridgehead atoms. The van der Waals surface area contributed by atoms with Gasteiger partial charge in [0.25, 0.3) is 0 Å². The number of ether oxygens (including phenoxy) is 1. The molecule has 19 heavy (non-hydrogen) atoms. The van der Waals surface area contributed by atoms with Crippen molar-refractivity contribution in [3.8, 4) is 0 Å². The molecule has 0 saturated carbocycles. The largest absolute Gasteiger partial charge is 0.389 e. The molecule has 2 aliphatic rings. The van der Waals surface area contributed by atoms with Crippen LogP contribution in [-0.4, -0.2) is 35.3 Å². The Morgan fingerprint density at radius 2 is 2.00 bits per heavy atom. The summed E-state index contributed by atoms with van der Waals surface area (Å²) in [7, 11) is 0. The van der Waals surface area contributed by atoms with Gasteiger partial charge < -0.3 is 15.4 Å². The van der Waals surface area contributed by atoms with Crippen molar-refractivity contribution in [2.75, 3.05) is 18.0 Å². The number of aromatic nitrogens is 1. The van der Waals surface area contributed by atoms with Crippen molar-refractivity contribution < 1.29 is 4.74 Å². The van der Waals surface area contributed by atoms with E-state index in [9.17, 15) is 0 Å².